The van der Waals surface area contributed by atoms with Gasteiger partial charge in [-0.2, -0.15) is 13.2 Å². The molecule has 0 aliphatic heterocycles. The van der Waals surface area contributed by atoms with Gasteiger partial charge in [0.1, 0.15) is 5.82 Å². The Morgan fingerprint density at radius 2 is 1.96 bits per heavy atom. The average molecular weight is 370 g/mol. The quantitative estimate of drug-likeness (QED) is 0.775. The molecule has 132 valence electrons. The number of halogens is 4. The molecule has 0 unspecified atom stereocenters. The number of benzene rings is 1. The molecule has 3 rings (SSSR count). The van der Waals surface area contributed by atoms with Crippen LogP contribution in [-0.4, -0.2) is 10.9 Å². The number of anilines is 3. The maximum atomic E-state index is 12.8. The van der Waals surface area contributed by atoms with Crippen molar-refractivity contribution in [1.82, 2.24) is 4.98 Å². The van der Waals surface area contributed by atoms with Gasteiger partial charge in [-0.15, -0.1) is 0 Å². The minimum atomic E-state index is -4.45. The minimum Gasteiger partial charge on any atom is -0.339 e. The zero-order valence-electron chi connectivity index (χ0n) is 13.0. The van der Waals surface area contributed by atoms with E-state index in [1.54, 1.807) is 12.1 Å². The van der Waals surface area contributed by atoms with Crippen molar-refractivity contribution in [2.45, 2.75) is 25.4 Å². The SMILES string of the molecule is O=C(Nc1ccc(Nc2cc(C(F)(F)F)ccc2Cl)nc1)C1CCC1. The topological polar surface area (TPSA) is 54.0 Å². The van der Waals surface area contributed by atoms with Gasteiger partial charge >= 0.3 is 6.18 Å². The van der Waals surface area contributed by atoms with Crippen molar-refractivity contribution >= 4 is 34.7 Å². The second-order valence-electron chi connectivity index (χ2n) is 5.87. The van der Waals surface area contributed by atoms with Crippen LogP contribution >= 0.6 is 11.6 Å². The molecule has 1 aliphatic carbocycles. The summed E-state index contributed by atoms with van der Waals surface area (Å²) in [6, 6.07) is 6.22. The predicted molar refractivity (Wildman–Crippen MR) is 89.9 cm³/mol. The van der Waals surface area contributed by atoms with E-state index in [4.69, 9.17) is 11.6 Å². The van der Waals surface area contributed by atoms with Crippen molar-refractivity contribution in [3.63, 3.8) is 0 Å². The zero-order chi connectivity index (χ0) is 18.0. The number of nitrogens with one attached hydrogen (secondary N) is 2. The van der Waals surface area contributed by atoms with Crippen molar-refractivity contribution in [2.75, 3.05) is 10.6 Å². The van der Waals surface area contributed by atoms with Crippen LogP contribution < -0.4 is 10.6 Å². The van der Waals surface area contributed by atoms with Crippen LogP contribution in [0.2, 0.25) is 5.02 Å². The molecule has 1 aromatic carbocycles. The molecular weight excluding hydrogens is 355 g/mol. The Labute approximate surface area is 147 Å². The molecule has 2 aromatic rings. The lowest BCUT2D eigenvalue weighted by Gasteiger charge is -2.23. The van der Waals surface area contributed by atoms with Crippen LogP contribution in [0.3, 0.4) is 0 Å². The van der Waals surface area contributed by atoms with E-state index in [1.165, 1.54) is 12.3 Å². The molecule has 1 aromatic heterocycles. The first-order valence-electron chi connectivity index (χ1n) is 7.73. The first-order valence-corrected chi connectivity index (χ1v) is 8.11. The van der Waals surface area contributed by atoms with Crippen molar-refractivity contribution in [3.05, 3.63) is 47.1 Å². The second-order valence-corrected chi connectivity index (χ2v) is 6.27. The fraction of sp³-hybridized carbons (Fsp3) is 0.294. The normalized spacial score (nSPS) is 14.7. The summed E-state index contributed by atoms with van der Waals surface area (Å²) in [4.78, 5) is 16.0. The van der Waals surface area contributed by atoms with Crippen LogP contribution in [0.1, 0.15) is 24.8 Å². The molecule has 0 radical (unpaired) electrons. The highest BCUT2D eigenvalue weighted by atomic mass is 35.5. The highest BCUT2D eigenvalue weighted by Crippen LogP contribution is 2.34. The molecule has 8 heteroatoms. The Kier molecular flexibility index (Phi) is 4.85. The number of nitrogens with zero attached hydrogens (tertiary/aromatic N) is 1. The number of carbonyl (C=O) groups is 1. The van der Waals surface area contributed by atoms with Crippen LogP contribution in [-0.2, 0) is 11.0 Å². The molecule has 0 spiro atoms. The molecule has 0 bridgehead atoms. The first kappa shape index (κ1) is 17.5. The van der Waals surface area contributed by atoms with E-state index in [9.17, 15) is 18.0 Å². The Morgan fingerprint density at radius 3 is 2.52 bits per heavy atom. The third-order valence-electron chi connectivity index (χ3n) is 4.06. The summed E-state index contributed by atoms with van der Waals surface area (Å²) in [5.41, 5.74) is -0.156. The fourth-order valence-electron chi connectivity index (χ4n) is 2.39. The van der Waals surface area contributed by atoms with Crippen LogP contribution in [0.15, 0.2) is 36.5 Å². The summed E-state index contributed by atoms with van der Waals surface area (Å²) in [5, 5.41) is 5.68. The Morgan fingerprint density at radius 1 is 1.20 bits per heavy atom. The molecule has 1 saturated carbocycles. The van der Waals surface area contributed by atoms with E-state index in [1.807, 2.05) is 0 Å². The largest absolute Gasteiger partial charge is 0.416 e. The number of pyridine rings is 1. The van der Waals surface area contributed by atoms with Gasteiger partial charge in [0.15, 0.2) is 0 Å². The molecule has 2 N–H and O–H groups in total. The third-order valence-corrected chi connectivity index (χ3v) is 4.39. The summed E-state index contributed by atoms with van der Waals surface area (Å²) < 4.78 is 38.4. The molecule has 1 heterocycles. The van der Waals surface area contributed by atoms with Gasteiger partial charge in [0, 0.05) is 5.92 Å². The Balaban J connectivity index is 1.70. The third kappa shape index (κ3) is 4.22. The van der Waals surface area contributed by atoms with Crippen molar-refractivity contribution in [3.8, 4) is 0 Å². The molecule has 1 amide bonds. The highest BCUT2D eigenvalue weighted by molar-refractivity contribution is 6.33. The van der Waals surface area contributed by atoms with E-state index in [0.717, 1.165) is 31.4 Å². The highest BCUT2D eigenvalue weighted by Gasteiger charge is 2.31. The van der Waals surface area contributed by atoms with Crippen LogP contribution in [0.25, 0.3) is 0 Å². The monoisotopic (exact) mass is 369 g/mol. The van der Waals surface area contributed by atoms with Gasteiger partial charge in [0.25, 0.3) is 0 Å². The molecule has 0 atom stereocenters. The smallest absolute Gasteiger partial charge is 0.339 e. The molecule has 4 nitrogen and oxygen atoms in total. The van der Waals surface area contributed by atoms with Crippen molar-refractivity contribution in [2.24, 2.45) is 5.92 Å². The summed E-state index contributed by atoms with van der Waals surface area (Å²) in [7, 11) is 0. The van der Waals surface area contributed by atoms with Crippen molar-refractivity contribution < 1.29 is 18.0 Å². The van der Waals surface area contributed by atoms with E-state index in [2.05, 4.69) is 15.6 Å². The van der Waals surface area contributed by atoms with Gasteiger partial charge in [-0.05, 0) is 43.2 Å². The second kappa shape index (κ2) is 6.92. The van der Waals surface area contributed by atoms with E-state index in [0.29, 0.717) is 11.5 Å². The number of hydrogen-bond acceptors (Lipinski definition) is 3. The maximum Gasteiger partial charge on any atom is 0.416 e. The van der Waals surface area contributed by atoms with Crippen molar-refractivity contribution in [1.29, 1.82) is 0 Å². The van der Waals surface area contributed by atoms with Crippen LogP contribution in [0.5, 0.6) is 0 Å². The van der Waals surface area contributed by atoms with Gasteiger partial charge in [-0.3, -0.25) is 4.79 Å². The summed E-state index contributed by atoms with van der Waals surface area (Å²) >= 11 is 5.94. The van der Waals surface area contributed by atoms with Crippen LogP contribution in [0, 0.1) is 5.92 Å². The standard InChI is InChI=1S/C17H15ClF3N3O/c18-13-6-4-11(17(19,20)21)8-14(13)24-15-7-5-12(9-22-15)23-16(25)10-2-1-3-10/h4-10H,1-3H2,(H,22,24)(H,23,25). The van der Waals surface area contributed by atoms with Gasteiger partial charge in [0.2, 0.25) is 5.91 Å². The summed E-state index contributed by atoms with van der Waals surface area (Å²) in [5.74, 6) is 0.347. The summed E-state index contributed by atoms with van der Waals surface area (Å²) in [6.07, 6.45) is -0.151. The summed E-state index contributed by atoms with van der Waals surface area (Å²) in [6.45, 7) is 0. The van der Waals surface area contributed by atoms with Gasteiger partial charge in [0.05, 0.1) is 28.2 Å². The number of aromatic nitrogens is 1. The van der Waals surface area contributed by atoms with Gasteiger partial charge in [-0.25, -0.2) is 4.98 Å². The molecular formula is C17H15ClF3N3O. The number of amides is 1. The molecule has 0 saturated heterocycles. The number of rotatable bonds is 4. The minimum absolute atomic E-state index is 0.0327. The lowest BCUT2D eigenvalue weighted by Crippen LogP contribution is -2.28. The van der Waals surface area contributed by atoms with Gasteiger partial charge < -0.3 is 10.6 Å². The van der Waals surface area contributed by atoms with Crippen LogP contribution in [0.4, 0.5) is 30.4 Å². The lowest BCUT2D eigenvalue weighted by atomic mass is 9.85. The Bertz CT molecular complexity index is 774. The molecule has 25 heavy (non-hydrogen) atoms. The van der Waals surface area contributed by atoms with Gasteiger partial charge in [-0.1, -0.05) is 18.0 Å². The number of hydrogen-bond donors (Lipinski definition) is 2. The van der Waals surface area contributed by atoms with E-state index in [-0.39, 0.29) is 22.5 Å². The fourth-order valence-corrected chi connectivity index (χ4v) is 2.56. The average Bonchev–Trinajstić information content (AvgIpc) is 2.48. The molecule has 1 aliphatic rings. The van der Waals surface area contributed by atoms with E-state index < -0.39 is 11.7 Å². The first-order chi connectivity index (χ1) is 11.8. The Hall–Kier alpha value is -2.28. The zero-order valence-corrected chi connectivity index (χ0v) is 13.8. The number of carbonyl (C=O) groups excluding carboxylic acids is 1. The lowest BCUT2D eigenvalue weighted by molar-refractivity contribution is -0.137. The van der Waals surface area contributed by atoms with E-state index >= 15 is 0 Å². The predicted octanol–water partition coefficient (Wildman–Crippen LogP) is 5.24. The maximum absolute atomic E-state index is 12.8. The number of alkyl halides is 3. The molecule has 1 fully saturated rings.